The fraction of sp³-hybridized carbons (Fsp3) is 0.556. The van der Waals surface area contributed by atoms with E-state index < -0.39 is 27.4 Å². The molecule has 1 aromatic rings. The Hall–Kier alpha value is -1.06. The molecule has 0 aliphatic carbocycles. The first-order valence-corrected chi connectivity index (χ1v) is 7.69. The second-order valence-electron chi connectivity index (χ2n) is 3.97. The van der Waals surface area contributed by atoms with Gasteiger partial charge in [-0.1, -0.05) is 0 Å². The van der Waals surface area contributed by atoms with Crippen LogP contribution in [0, 0.1) is 0 Å². The van der Waals surface area contributed by atoms with Crippen molar-refractivity contribution in [2.45, 2.75) is 23.2 Å². The quantitative estimate of drug-likeness (QED) is 0.840. The average molecular weight is 291 g/mol. The van der Waals surface area contributed by atoms with Gasteiger partial charge in [-0.25, -0.2) is 8.42 Å². The van der Waals surface area contributed by atoms with Crippen LogP contribution in [0.15, 0.2) is 17.3 Å². The summed E-state index contributed by atoms with van der Waals surface area (Å²) in [6.07, 6.45) is 2.59. The molecular weight excluding hydrogens is 278 g/mol. The van der Waals surface area contributed by atoms with Gasteiger partial charge in [-0.2, -0.15) is 9.40 Å². The summed E-state index contributed by atoms with van der Waals surface area (Å²) >= 11 is 1.31. The standard InChI is InChI=1S/C9H13N3O4S2/c1-6-12(8(5-17-6)9(13)14)18(15,16)7-3-10-11(2)4-7/h3-4,6,8H,5H2,1-2H3,(H,13,14). The lowest BCUT2D eigenvalue weighted by Gasteiger charge is -2.23. The highest BCUT2D eigenvalue weighted by molar-refractivity contribution is 8.01. The summed E-state index contributed by atoms with van der Waals surface area (Å²) in [6.45, 7) is 1.68. The molecule has 1 fully saturated rings. The van der Waals surface area contributed by atoms with Gasteiger partial charge in [0.2, 0.25) is 10.0 Å². The van der Waals surface area contributed by atoms with Gasteiger partial charge in [-0.15, -0.1) is 11.8 Å². The third kappa shape index (κ3) is 2.13. The highest BCUT2D eigenvalue weighted by Crippen LogP contribution is 2.34. The lowest BCUT2D eigenvalue weighted by molar-refractivity contribution is -0.140. The minimum Gasteiger partial charge on any atom is -0.480 e. The number of aliphatic carboxylic acids is 1. The molecular formula is C9H13N3O4S2. The second-order valence-corrected chi connectivity index (χ2v) is 7.16. The van der Waals surface area contributed by atoms with E-state index in [4.69, 9.17) is 5.11 Å². The molecule has 0 radical (unpaired) electrons. The van der Waals surface area contributed by atoms with Gasteiger partial charge >= 0.3 is 5.97 Å². The van der Waals surface area contributed by atoms with Gasteiger partial charge in [0.05, 0.1) is 11.6 Å². The summed E-state index contributed by atoms with van der Waals surface area (Å²) in [4.78, 5) is 11.1. The van der Waals surface area contributed by atoms with Gasteiger partial charge in [0.15, 0.2) is 0 Å². The van der Waals surface area contributed by atoms with Crippen LogP contribution in [0.1, 0.15) is 6.92 Å². The number of thioether (sulfide) groups is 1. The normalized spacial score (nSPS) is 25.4. The molecule has 18 heavy (non-hydrogen) atoms. The van der Waals surface area contributed by atoms with E-state index in [-0.39, 0.29) is 10.6 Å². The molecule has 1 aromatic heterocycles. The van der Waals surface area contributed by atoms with Crippen LogP contribution < -0.4 is 0 Å². The fourth-order valence-corrected chi connectivity index (χ4v) is 5.10. The second kappa shape index (κ2) is 4.56. The van der Waals surface area contributed by atoms with E-state index >= 15 is 0 Å². The van der Waals surface area contributed by atoms with Crippen LogP contribution in [0.25, 0.3) is 0 Å². The Kier molecular flexibility index (Phi) is 3.39. The van der Waals surface area contributed by atoms with Gasteiger partial charge in [0, 0.05) is 19.0 Å². The molecule has 0 spiro atoms. The zero-order valence-electron chi connectivity index (χ0n) is 9.85. The first-order chi connectivity index (χ1) is 8.34. The summed E-state index contributed by atoms with van der Waals surface area (Å²) in [5, 5.41) is 12.5. The first kappa shape index (κ1) is 13.4. The number of aromatic nitrogens is 2. The van der Waals surface area contributed by atoms with Crippen molar-refractivity contribution < 1.29 is 18.3 Å². The van der Waals surface area contributed by atoms with E-state index in [1.54, 1.807) is 14.0 Å². The van der Waals surface area contributed by atoms with E-state index in [0.29, 0.717) is 0 Å². The Morgan fingerprint density at radius 1 is 1.61 bits per heavy atom. The van der Waals surface area contributed by atoms with E-state index in [1.807, 2.05) is 0 Å². The van der Waals surface area contributed by atoms with Crippen molar-refractivity contribution >= 4 is 27.8 Å². The third-order valence-corrected chi connectivity index (χ3v) is 5.99. The summed E-state index contributed by atoms with van der Waals surface area (Å²) in [6, 6.07) is -1.02. The van der Waals surface area contributed by atoms with Crippen LogP contribution in [0.3, 0.4) is 0 Å². The Bertz CT molecular complexity index is 568. The molecule has 7 nitrogen and oxygen atoms in total. The van der Waals surface area contributed by atoms with Crippen molar-refractivity contribution in [1.82, 2.24) is 14.1 Å². The molecule has 0 amide bonds. The van der Waals surface area contributed by atoms with Crippen LogP contribution in [0.2, 0.25) is 0 Å². The van der Waals surface area contributed by atoms with Gasteiger partial charge in [0.1, 0.15) is 10.9 Å². The predicted octanol–water partition coefficient (Wildman–Crippen LogP) is -0.0432. The van der Waals surface area contributed by atoms with Crippen molar-refractivity contribution in [3.05, 3.63) is 12.4 Å². The minimum absolute atomic E-state index is 0.0191. The highest BCUT2D eigenvalue weighted by atomic mass is 32.2. The Balaban J connectivity index is 2.42. The maximum atomic E-state index is 12.4. The monoisotopic (exact) mass is 291 g/mol. The summed E-state index contributed by atoms with van der Waals surface area (Å²) < 4.78 is 27.1. The lowest BCUT2D eigenvalue weighted by Crippen LogP contribution is -2.44. The van der Waals surface area contributed by atoms with Crippen molar-refractivity contribution in [2.75, 3.05) is 5.75 Å². The number of carboxylic acid groups (broad SMARTS) is 1. The molecule has 1 saturated heterocycles. The largest absolute Gasteiger partial charge is 0.480 e. The first-order valence-electron chi connectivity index (χ1n) is 5.20. The van der Waals surface area contributed by atoms with Crippen molar-refractivity contribution in [1.29, 1.82) is 0 Å². The van der Waals surface area contributed by atoms with E-state index in [9.17, 15) is 13.2 Å². The molecule has 2 rings (SSSR count). The maximum absolute atomic E-state index is 12.4. The maximum Gasteiger partial charge on any atom is 0.322 e. The van der Waals surface area contributed by atoms with E-state index in [0.717, 1.165) is 4.31 Å². The summed E-state index contributed by atoms with van der Waals surface area (Å²) in [5.41, 5.74) is 0. The van der Waals surface area contributed by atoms with Crippen LogP contribution in [0.5, 0.6) is 0 Å². The zero-order chi connectivity index (χ0) is 13.5. The highest BCUT2D eigenvalue weighted by Gasteiger charge is 2.44. The molecule has 2 atom stereocenters. The number of hydrogen-bond acceptors (Lipinski definition) is 5. The molecule has 1 aliphatic heterocycles. The molecule has 2 unspecified atom stereocenters. The van der Waals surface area contributed by atoms with E-state index in [1.165, 1.54) is 28.8 Å². The van der Waals surface area contributed by atoms with Crippen LogP contribution in [-0.4, -0.2) is 50.7 Å². The SMILES string of the molecule is CC1SCC(C(=O)O)N1S(=O)(=O)c1cnn(C)c1. The Morgan fingerprint density at radius 3 is 2.78 bits per heavy atom. The predicted molar refractivity (Wildman–Crippen MR) is 65.6 cm³/mol. The molecule has 100 valence electrons. The Labute approximate surface area is 109 Å². The average Bonchev–Trinajstić information content (AvgIpc) is 2.84. The number of nitrogens with zero attached hydrogens (tertiary/aromatic N) is 3. The number of sulfonamides is 1. The topological polar surface area (TPSA) is 92.5 Å². The van der Waals surface area contributed by atoms with Gasteiger partial charge in [0.25, 0.3) is 0 Å². The molecule has 2 heterocycles. The number of carbonyl (C=O) groups is 1. The van der Waals surface area contributed by atoms with Crippen LogP contribution >= 0.6 is 11.8 Å². The number of hydrogen-bond donors (Lipinski definition) is 1. The fourth-order valence-electron chi connectivity index (χ4n) is 1.83. The smallest absolute Gasteiger partial charge is 0.322 e. The van der Waals surface area contributed by atoms with Crippen molar-refractivity contribution in [3.63, 3.8) is 0 Å². The van der Waals surface area contributed by atoms with Gasteiger partial charge in [-0.05, 0) is 6.92 Å². The summed E-state index contributed by atoms with van der Waals surface area (Å²) in [5.74, 6) is -0.866. The minimum atomic E-state index is -3.81. The molecule has 9 heteroatoms. The van der Waals surface area contributed by atoms with Gasteiger partial charge < -0.3 is 5.11 Å². The molecule has 1 N–H and O–H groups in total. The van der Waals surface area contributed by atoms with Crippen molar-refractivity contribution in [3.8, 4) is 0 Å². The third-order valence-electron chi connectivity index (χ3n) is 2.70. The van der Waals surface area contributed by atoms with Crippen molar-refractivity contribution in [2.24, 2.45) is 7.05 Å². The summed E-state index contributed by atoms with van der Waals surface area (Å²) in [7, 11) is -2.21. The zero-order valence-corrected chi connectivity index (χ0v) is 11.5. The molecule has 1 aliphatic rings. The number of carboxylic acids is 1. The van der Waals surface area contributed by atoms with Crippen LogP contribution in [-0.2, 0) is 21.9 Å². The molecule has 0 saturated carbocycles. The molecule has 0 aromatic carbocycles. The lowest BCUT2D eigenvalue weighted by atomic mass is 10.3. The Morgan fingerprint density at radius 2 is 2.28 bits per heavy atom. The number of rotatable bonds is 3. The van der Waals surface area contributed by atoms with Crippen LogP contribution in [0.4, 0.5) is 0 Å². The van der Waals surface area contributed by atoms with Gasteiger partial charge in [-0.3, -0.25) is 9.48 Å². The molecule has 0 bridgehead atoms. The number of aryl methyl sites for hydroxylation is 1. The van der Waals surface area contributed by atoms with E-state index in [2.05, 4.69) is 5.10 Å².